The highest BCUT2D eigenvalue weighted by atomic mass is 16.6. The van der Waals surface area contributed by atoms with Gasteiger partial charge in [0.05, 0.1) is 0 Å². The summed E-state index contributed by atoms with van der Waals surface area (Å²) in [5.41, 5.74) is 0. The van der Waals surface area contributed by atoms with Crippen LogP contribution in [0.15, 0.2) is 38.0 Å². The Bertz CT molecular complexity index is 552. The van der Waals surface area contributed by atoms with Crippen molar-refractivity contribution in [2.75, 3.05) is 20.3 Å². The minimum atomic E-state index is -1.27. The van der Waals surface area contributed by atoms with Crippen LogP contribution in [0, 0.1) is 0 Å². The normalized spacial score (nSPS) is 13.3. The molecule has 0 spiro atoms. The molecule has 9 nitrogen and oxygen atoms in total. The molecule has 0 saturated carbocycles. The minimum absolute atomic E-state index is 0.349. The van der Waals surface area contributed by atoms with Gasteiger partial charge in [0, 0.05) is 32.3 Å². The van der Waals surface area contributed by atoms with E-state index >= 15 is 0 Å². The standard InChI is InChI=1S/C17H22O9/c1-6-14(19)24-9-12(22-5)17(26-16(21)8-3)13(10-23-11(4)18)25-15(20)7-2/h6-8,12-13,17H,1-3,9-10H2,4-5H3. The van der Waals surface area contributed by atoms with Crippen molar-refractivity contribution in [2.45, 2.75) is 25.2 Å². The van der Waals surface area contributed by atoms with Crippen molar-refractivity contribution in [3.8, 4) is 0 Å². The Morgan fingerprint density at radius 3 is 1.77 bits per heavy atom. The fourth-order valence-electron chi connectivity index (χ4n) is 1.69. The van der Waals surface area contributed by atoms with Crippen molar-refractivity contribution < 1.29 is 42.9 Å². The molecule has 0 bridgehead atoms. The van der Waals surface area contributed by atoms with Gasteiger partial charge in [0.25, 0.3) is 0 Å². The first-order valence-corrected chi connectivity index (χ1v) is 7.40. The average molecular weight is 370 g/mol. The quantitative estimate of drug-likeness (QED) is 0.275. The number of methoxy groups -OCH3 is 1. The molecule has 0 saturated heterocycles. The Morgan fingerprint density at radius 1 is 0.808 bits per heavy atom. The summed E-state index contributed by atoms with van der Waals surface area (Å²) in [6, 6.07) is 0. The predicted octanol–water partition coefficient (Wildman–Crippen LogP) is 0.489. The van der Waals surface area contributed by atoms with E-state index in [4.69, 9.17) is 23.7 Å². The minimum Gasteiger partial charge on any atom is -0.462 e. The van der Waals surface area contributed by atoms with Crippen molar-refractivity contribution in [2.24, 2.45) is 0 Å². The third kappa shape index (κ3) is 8.78. The summed E-state index contributed by atoms with van der Waals surface area (Å²) in [6.07, 6.45) is -0.862. The molecule has 0 amide bonds. The van der Waals surface area contributed by atoms with E-state index < -0.39 is 48.8 Å². The van der Waals surface area contributed by atoms with E-state index in [1.165, 1.54) is 7.11 Å². The number of rotatable bonds is 12. The maximum atomic E-state index is 11.6. The Hall–Kier alpha value is -2.94. The lowest BCUT2D eigenvalue weighted by atomic mass is 10.1. The van der Waals surface area contributed by atoms with E-state index in [1.54, 1.807) is 0 Å². The van der Waals surface area contributed by atoms with Gasteiger partial charge in [-0.05, 0) is 0 Å². The molecular formula is C17H22O9. The smallest absolute Gasteiger partial charge is 0.330 e. The lowest BCUT2D eigenvalue weighted by Crippen LogP contribution is -2.48. The van der Waals surface area contributed by atoms with Crippen LogP contribution in [0.1, 0.15) is 6.92 Å². The molecule has 0 heterocycles. The largest absolute Gasteiger partial charge is 0.462 e. The van der Waals surface area contributed by atoms with Crippen molar-refractivity contribution in [1.82, 2.24) is 0 Å². The fourth-order valence-corrected chi connectivity index (χ4v) is 1.69. The highest BCUT2D eigenvalue weighted by Crippen LogP contribution is 2.15. The first kappa shape index (κ1) is 23.1. The molecule has 0 aliphatic heterocycles. The van der Waals surface area contributed by atoms with E-state index in [1.807, 2.05) is 0 Å². The molecule has 26 heavy (non-hydrogen) atoms. The van der Waals surface area contributed by atoms with Crippen LogP contribution in [0.3, 0.4) is 0 Å². The van der Waals surface area contributed by atoms with Gasteiger partial charge in [0.15, 0.2) is 12.2 Å². The number of hydrogen-bond donors (Lipinski definition) is 0. The molecular weight excluding hydrogens is 348 g/mol. The summed E-state index contributed by atoms with van der Waals surface area (Å²) in [6.45, 7) is 10.2. The molecule has 0 aliphatic rings. The van der Waals surface area contributed by atoms with Gasteiger partial charge >= 0.3 is 23.9 Å². The zero-order chi connectivity index (χ0) is 20.1. The second-order valence-electron chi connectivity index (χ2n) is 4.70. The number of hydrogen-bond acceptors (Lipinski definition) is 9. The molecule has 0 rings (SSSR count). The highest BCUT2D eigenvalue weighted by Gasteiger charge is 2.37. The number of ether oxygens (including phenoxy) is 5. The van der Waals surface area contributed by atoms with Gasteiger partial charge < -0.3 is 23.7 Å². The second kappa shape index (κ2) is 12.4. The van der Waals surface area contributed by atoms with Crippen LogP contribution in [-0.4, -0.2) is 62.5 Å². The fraction of sp³-hybridized carbons (Fsp3) is 0.412. The topological polar surface area (TPSA) is 114 Å². The third-order valence-corrected chi connectivity index (χ3v) is 2.90. The van der Waals surface area contributed by atoms with Crippen molar-refractivity contribution >= 4 is 23.9 Å². The van der Waals surface area contributed by atoms with Crippen LogP contribution >= 0.6 is 0 Å². The van der Waals surface area contributed by atoms with Gasteiger partial charge in [0.1, 0.15) is 19.3 Å². The molecule has 0 N–H and O–H groups in total. The van der Waals surface area contributed by atoms with Crippen LogP contribution in [0.4, 0.5) is 0 Å². The highest BCUT2D eigenvalue weighted by molar-refractivity contribution is 5.82. The zero-order valence-corrected chi connectivity index (χ0v) is 14.7. The molecule has 0 radical (unpaired) electrons. The number of carbonyl (C=O) groups excluding carboxylic acids is 4. The van der Waals surface area contributed by atoms with Crippen molar-refractivity contribution in [3.63, 3.8) is 0 Å². The Morgan fingerprint density at radius 2 is 1.31 bits per heavy atom. The van der Waals surface area contributed by atoms with Crippen LogP contribution in [0.5, 0.6) is 0 Å². The first-order chi connectivity index (χ1) is 12.3. The summed E-state index contributed by atoms with van der Waals surface area (Å²) < 4.78 is 25.1. The molecule has 3 atom stereocenters. The Kier molecular flexibility index (Phi) is 11.0. The maximum Gasteiger partial charge on any atom is 0.330 e. The van der Waals surface area contributed by atoms with Crippen LogP contribution in [0.25, 0.3) is 0 Å². The Labute approximate surface area is 151 Å². The summed E-state index contributed by atoms with van der Waals surface area (Å²) in [5, 5.41) is 0. The molecule has 0 aromatic rings. The lowest BCUT2D eigenvalue weighted by molar-refractivity contribution is -0.185. The molecule has 9 heteroatoms. The molecule has 0 aromatic carbocycles. The number of carbonyl (C=O) groups is 4. The summed E-state index contributed by atoms with van der Waals surface area (Å²) >= 11 is 0. The van der Waals surface area contributed by atoms with E-state index in [2.05, 4.69) is 19.7 Å². The first-order valence-electron chi connectivity index (χ1n) is 7.40. The summed E-state index contributed by atoms with van der Waals surface area (Å²) in [7, 11) is 1.26. The molecule has 144 valence electrons. The van der Waals surface area contributed by atoms with Crippen LogP contribution in [-0.2, 0) is 42.9 Å². The van der Waals surface area contributed by atoms with E-state index in [9.17, 15) is 19.2 Å². The summed E-state index contributed by atoms with van der Waals surface area (Å²) in [4.78, 5) is 45.5. The van der Waals surface area contributed by atoms with Gasteiger partial charge in [-0.1, -0.05) is 19.7 Å². The lowest BCUT2D eigenvalue weighted by Gasteiger charge is -2.31. The van der Waals surface area contributed by atoms with Crippen LogP contribution in [0.2, 0.25) is 0 Å². The van der Waals surface area contributed by atoms with Gasteiger partial charge in [-0.3, -0.25) is 4.79 Å². The van der Waals surface area contributed by atoms with Gasteiger partial charge in [-0.15, -0.1) is 0 Å². The molecule has 0 fully saturated rings. The predicted molar refractivity (Wildman–Crippen MR) is 88.7 cm³/mol. The van der Waals surface area contributed by atoms with E-state index in [-0.39, 0.29) is 6.61 Å². The molecule has 3 unspecified atom stereocenters. The zero-order valence-electron chi connectivity index (χ0n) is 14.7. The van der Waals surface area contributed by atoms with Crippen molar-refractivity contribution in [1.29, 1.82) is 0 Å². The second-order valence-corrected chi connectivity index (χ2v) is 4.70. The maximum absolute atomic E-state index is 11.6. The summed E-state index contributed by atoms with van der Waals surface area (Å²) in [5.74, 6) is -3.08. The Balaban J connectivity index is 5.55. The number of esters is 4. The van der Waals surface area contributed by atoms with Crippen LogP contribution < -0.4 is 0 Å². The van der Waals surface area contributed by atoms with Gasteiger partial charge in [0.2, 0.25) is 0 Å². The molecule has 0 aromatic heterocycles. The monoisotopic (exact) mass is 370 g/mol. The van der Waals surface area contributed by atoms with E-state index in [0.29, 0.717) is 0 Å². The average Bonchev–Trinajstić information content (AvgIpc) is 2.63. The van der Waals surface area contributed by atoms with Crippen molar-refractivity contribution in [3.05, 3.63) is 38.0 Å². The van der Waals surface area contributed by atoms with Gasteiger partial charge in [-0.2, -0.15) is 0 Å². The van der Waals surface area contributed by atoms with E-state index in [0.717, 1.165) is 25.2 Å². The SMILES string of the molecule is C=CC(=O)OCC(OC)C(OC(=O)C=C)C(COC(C)=O)OC(=O)C=C. The molecule has 0 aliphatic carbocycles. The third-order valence-electron chi connectivity index (χ3n) is 2.90. The van der Waals surface area contributed by atoms with Gasteiger partial charge in [-0.25, -0.2) is 14.4 Å².